The molecule has 1 heterocycles. The molecule has 0 saturated carbocycles. The second-order valence-electron chi connectivity index (χ2n) is 3.46. The average Bonchev–Trinajstić information content (AvgIpc) is 2.77. The maximum Gasteiger partial charge on any atom is 0.314 e. The lowest BCUT2D eigenvalue weighted by atomic mass is 10.1. The fourth-order valence-corrected chi connectivity index (χ4v) is 1.91. The highest BCUT2D eigenvalue weighted by Crippen LogP contribution is 2.17. The molecule has 7 heteroatoms. The number of carboxylic acid groups (broad SMARTS) is 1. The Morgan fingerprint density at radius 2 is 2.11 bits per heavy atom. The Balaban J connectivity index is 1.97. The van der Waals surface area contributed by atoms with Gasteiger partial charge in [0.1, 0.15) is 5.75 Å². The Morgan fingerprint density at radius 3 is 2.78 bits per heavy atom. The lowest BCUT2D eigenvalue weighted by Crippen LogP contribution is -1.97. The van der Waals surface area contributed by atoms with E-state index in [1.165, 1.54) is 0 Å². The van der Waals surface area contributed by atoms with E-state index in [1.807, 2.05) is 12.1 Å². The van der Waals surface area contributed by atoms with E-state index in [2.05, 4.69) is 10.1 Å². The van der Waals surface area contributed by atoms with Gasteiger partial charge in [-0.05, 0) is 17.7 Å². The van der Waals surface area contributed by atoms with Gasteiger partial charge >= 0.3 is 5.97 Å². The molecule has 1 aromatic carbocycles. The first-order valence-electron chi connectivity index (χ1n) is 5.05. The van der Waals surface area contributed by atoms with Crippen molar-refractivity contribution in [3.63, 3.8) is 0 Å². The van der Waals surface area contributed by atoms with Crippen molar-refractivity contribution in [3.05, 3.63) is 40.7 Å². The van der Waals surface area contributed by atoms with Crippen LogP contribution in [-0.4, -0.2) is 27.0 Å². The first-order valence-corrected chi connectivity index (χ1v) is 6.41. The van der Waals surface area contributed by atoms with E-state index in [4.69, 9.17) is 21.2 Å². The molecule has 0 spiro atoms. The molecule has 18 heavy (non-hydrogen) atoms. The van der Waals surface area contributed by atoms with Gasteiger partial charge in [-0.2, -0.15) is 4.98 Å². The first-order chi connectivity index (χ1) is 8.63. The van der Waals surface area contributed by atoms with Crippen LogP contribution in [0.25, 0.3) is 0 Å². The van der Waals surface area contributed by atoms with E-state index in [-0.39, 0.29) is 11.0 Å². The van der Waals surface area contributed by atoms with Gasteiger partial charge in [0.15, 0.2) is 5.82 Å². The molecule has 1 N–H and O–H groups in total. The first kappa shape index (κ1) is 12.9. The second-order valence-corrected chi connectivity index (χ2v) is 4.83. The van der Waals surface area contributed by atoms with Gasteiger partial charge in [-0.1, -0.05) is 40.7 Å². The summed E-state index contributed by atoms with van der Waals surface area (Å²) in [6, 6.07) is 7.33. The molecule has 94 valence electrons. The van der Waals surface area contributed by atoms with Gasteiger partial charge in [0.05, 0.1) is 0 Å². The summed E-state index contributed by atoms with van der Waals surface area (Å²) in [7, 11) is 0. The summed E-state index contributed by atoms with van der Waals surface area (Å²) in [6.07, 6.45) is 0.522. The van der Waals surface area contributed by atoms with Gasteiger partial charge in [0.25, 0.3) is 5.22 Å². The molecule has 1 aromatic heterocycles. The topological polar surface area (TPSA) is 76.2 Å². The second kappa shape index (κ2) is 5.88. The van der Waals surface area contributed by atoms with Gasteiger partial charge < -0.3 is 9.63 Å². The van der Waals surface area contributed by atoms with Crippen molar-refractivity contribution >= 4 is 29.3 Å². The Kier molecular flexibility index (Phi) is 4.22. The van der Waals surface area contributed by atoms with Crippen molar-refractivity contribution < 1.29 is 14.4 Å². The zero-order valence-electron chi connectivity index (χ0n) is 9.17. The van der Waals surface area contributed by atoms with E-state index >= 15 is 0 Å². The number of rotatable bonds is 5. The molecule has 5 nitrogen and oxygen atoms in total. The van der Waals surface area contributed by atoms with Crippen LogP contribution < -0.4 is 0 Å². The Hall–Kier alpha value is -1.53. The van der Waals surface area contributed by atoms with Crippen LogP contribution in [0.15, 0.2) is 34.0 Å². The molecule has 0 unspecified atom stereocenters. The summed E-state index contributed by atoms with van der Waals surface area (Å²) in [5.74, 6) is -0.495. The molecule has 2 aromatic rings. The SMILES string of the molecule is O=C(O)CSc1nc(Cc2ccc(Cl)cc2)no1. The van der Waals surface area contributed by atoms with Crippen molar-refractivity contribution in [1.29, 1.82) is 0 Å². The van der Waals surface area contributed by atoms with Gasteiger partial charge in [-0.3, -0.25) is 4.79 Å². The fraction of sp³-hybridized carbons (Fsp3) is 0.182. The lowest BCUT2D eigenvalue weighted by Gasteiger charge is -1.96. The average molecular weight is 285 g/mol. The van der Waals surface area contributed by atoms with Crippen LogP contribution in [0.1, 0.15) is 11.4 Å². The zero-order valence-corrected chi connectivity index (χ0v) is 10.7. The maximum absolute atomic E-state index is 10.4. The Labute approximate surface area is 112 Å². The van der Waals surface area contributed by atoms with Gasteiger partial charge in [0, 0.05) is 11.4 Å². The number of nitrogens with zero attached hydrogens (tertiary/aromatic N) is 2. The predicted octanol–water partition coefficient (Wildman–Crippen LogP) is 2.49. The van der Waals surface area contributed by atoms with Crippen molar-refractivity contribution in [2.45, 2.75) is 11.6 Å². The third kappa shape index (κ3) is 3.75. The molecule has 0 saturated heterocycles. The zero-order chi connectivity index (χ0) is 13.0. The Bertz CT molecular complexity index is 541. The minimum Gasteiger partial charge on any atom is -0.481 e. The molecule has 0 aliphatic rings. The highest BCUT2D eigenvalue weighted by molar-refractivity contribution is 7.99. The summed E-state index contributed by atoms with van der Waals surface area (Å²) >= 11 is 6.78. The number of hydrogen-bond donors (Lipinski definition) is 1. The molecule has 0 atom stereocenters. The van der Waals surface area contributed by atoms with Crippen LogP contribution in [0.3, 0.4) is 0 Å². The van der Waals surface area contributed by atoms with Crippen molar-refractivity contribution in [3.8, 4) is 0 Å². The van der Waals surface area contributed by atoms with Crippen LogP contribution in [0.4, 0.5) is 0 Å². The van der Waals surface area contributed by atoms with Crippen LogP contribution >= 0.6 is 23.4 Å². The van der Waals surface area contributed by atoms with Crippen molar-refractivity contribution in [1.82, 2.24) is 10.1 Å². The molecule has 0 aliphatic heterocycles. The summed E-state index contributed by atoms with van der Waals surface area (Å²) < 4.78 is 4.92. The number of carbonyl (C=O) groups is 1. The maximum atomic E-state index is 10.4. The molecule has 0 amide bonds. The normalized spacial score (nSPS) is 10.5. The molecule has 0 radical (unpaired) electrons. The van der Waals surface area contributed by atoms with Gasteiger partial charge in [-0.15, -0.1) is 0 Å². The number of aliphatic carboxylic acids is 1. The predicted molar refractivity (Wildman–Crippen MR) is 66.9 cm³/mol. The Morgan fingerprint density at radius 1 is 1.39 bits per heavy atom. The summed E-state index contributed by atoms with van der Waals surface area (Å²) in [5.41, 5.74) is 1.01. The number of thioether (sulfide) groups is 1. The highest BCUT2D eigenvalue weighted by Gasteiger charge is 2.09. The van der Waals surface area contributed by atoms with Crippen LogP contribution in [0.5, 0.6) is 0 Å². The van der Waals surface area contributed by atoms with Gasteiger partial charge in [-0.25, -0.2) is 0 Å². The summed E-state index contributed by atoms with van der Waals surface area (Å²) in [5, 5.41) is 13.2. The lowest BCUT2D eigenvalue weighted by molar-refractivity contribution is -0.133. The van der Waals surface area contributed by atoms with Crippen LogP contribution in [0.2, 0.25) is 5.02 Å². The van der Waals surface area contributed by atoms with Crippen LogP contribution in [-0.2, 0) is 11.2 Å². The minimum atomic E-state index is -0.919. The quantitative estimate of drug-likeness (QED) is 0.850. The monoisotopic (exact) mass is 284 g/mol. The summed E-state index contributed by atoms with van der Waals surface area (Å²) in [4.78, 5) is 14.5. The van der Waals surface area contributed by atoms with E-state index in [0.29, 0.717) is 17.3 Å². The number of benzene rings is 1. The molecule has 2 rings (SSSR count). The molecular formula is C11H9ClN2O3S. The number of carboxylic acids is 1. The van der Waals surface area contributed by atoms with E-state index in [1.54, 1.807) is 12.1 Å². The molecule has 0 bridgehead atoms. The third-order valence-electron chi connectivity index (χ3n) is 2.04. The molecular weight excluding hydrogens is 276 g/mol. The standard InChI is InChI=1S/C11H9ClN2O3S/c12-8-3-1-7(2-4-8)5-9-13-11(17-14-9)18-6-10(15)16/h1-4H,5-6H2,(H,15,16). The largest absolute Gasteiger partial charge is 0.481 e. The van der Waals surface area contributed by atoms with Crippen LogP contribution in [0, 0.1) is 0 Å². The number of hydrogen-bond acceptors (Lipinski definition) is 5. The van der Waals surface area contributed by atoms with Crippen molar-refractivity contribution in [2.75, 3.05) is 5.75 Å². The number of halogens is 1. The smallest absolute Gasteiger partial charge is 0.314 e. The van der Waals surface area contributed by atoms with Gasteiger partial charge in [0.2, 0.25) is 0 Å². The fourth-order valence-electron chi connectivity index (χ4n) is 1.28. The van der Waals surface area contributed by atoms with E-state index < -0.39 is 5.97 Å². The van der Waals surface area contributed by atoms with Crippen molar-refractivity contribution in [2.24, 2.45) is 0 Å². The summed E-state index contributed by atoms with van der Waals surface area (Å²) in [6.45, 7) is 0. The highest BCUT2D eigenvalue weighted by atomic mass is 35.5. The van der Waals surface area contributed by atoms with E-state index in [9.17, 15) is 4.79 Å². The third-order valence-corrected chi connectivity index (χ3v) is 3.10. The molecule has 0 aliphatic carbocycles. The minimum absolute atomic E-state index is 0.0947. The molecule has 0 fully saturated rings. The number of aromatic nitrogens is 2. The van der Waals surface area contributed by atoms with E-state index in [0.717, 1.165) is 17.3 Å².